The van der Waals surface area contributed by atoms with Gasteiger partial charge >= 0.3 is 5.97 Å². The summed E-state index contributed by atoms with van der Waals surface area (Å²) < 4.78 is 10.0. The molecule has 6 nitrogen and oxygen atoms in total. The summed E-state index contributed by atoms with van der Waals surface area (Å²) in [6.07, 6.45) is 3.30. The van der Waals surface area contributed by atoms with Crippen molar-refractivity contribution in [2.75, 3.05) is 26.9 Å². The van der Waals surface area contributed by atoms with E-state index in [0.717, 1.165) is 5.56 Å². The van der Waals surface area contributed by atoms with E-state index >= 15 is 0 Å². The molecule has 0 atom stereocenters. The van der Waals surface area contributed by atoms with Crippen molar-refractivity contribution in [3.8, 4) is 0 Å². The zero-order valence-electron chi connectivity index (χ0n) is 14.9. The van der Waals surface area contributed by atoms with Crippen LogP contribution in [0.3, 0.4) is 0 Å². The van der Waals surface area contributed by atoms with Crippen LogP contribution in [0.25, 0.3) is 6.08 Å². The molecule has 138 valence electrons. The Morgan fingerprint density at radius 3 is 2.73 bits per heavy atom. The Bertz CT molecular complexity index is 743. The van der Waals surface area contributed by atoms with Gasteiger partial charge in [0.1, 0.15) is 5.01 Å². The van der Waals surface area contributed by atoms with E-state index in [4.69, 9.17) is 9.47 Å². The Labute approximate surface area is 157 Å². The zero-order valence-corrected chi connectivity index (χ0v) is 15.7. The summed E-state index contributed by atoms with van der Waals surface area (Å²) in [5.41, 5.74) is 1.22. The minimum Gasteiger partial charge on any atom is -0.461 e. The summed E-state index contributed by atoms with van der Waals surface area (Å²) in [5.74, 6) is -0.590. The topological polar surface area (TPSA) is 68.7 Å². The van der Waals surface area contributed by atoms with Gasteiger partial charge in [0.2, 0.25) is 5.91 Å². The van der Waals surface area contributed by atoms with Gasteiger partial charge in [-0.1, -0.05) is 30.3 Å². The number of hydrogen-bond donors (Lipinski definition) is 0. The predicted molar refractivity (Wildman–Crippen MR) is 101 cm³/mol. The van der Waals surface area contributed by atoms with Crippen molar-refractivity contribution in [3.63, 3.8) is 0 Å². The number of hydrogen-bond acceptors (Lipinski definition) is 6. The molecule has 0 saturated heterocycles. The van der Waals surface area contributed by atoms with Gasteiger partial charge in [-0.05, 0) is 18.6 Å². The van der Waals surface area contributed by atoms with Crippen LogP contribution in [0.5, 0.6) is 0 Å². The van der Waals surface area contributed by atoms with Crippen molar-refractivity contribution in [1.29, 1.82) is 0 Å². The molecule has 1 aromatic heterocycles. The molecule has 0 N–H and O–H groups in total. The van der Waals surface area contributed by atoms with E-state index in [0.29, 0.717) is 31.3 Å². The smallest absolute Gasteiger partial charge is 0.357 e. The molecule has 26 heavy (non-hydrogen) atoms. The predicted octanol–water partition coefficient (Wildman–Crippen LogP) is 3.01. The maximum Gasteiger partial charge on any atom is 0.357 e. The molecular formula is C19H22N2O4S. The zero-order chi connectivity index (χ0) is 18.8. The molecule has 0 aliphatic heterocycles. The van der Waals surface area contributed by atoms with E-state index in [1.54, 1.807) is 30.4 Å². The van der Waals surface area contributed by atoms with Crippen LogP contribution in [0.2, 0.25) is 0 Å². The Morgan fingerprint density at radius 2 is 2.04 bits per heavy atom. The van der Waals surface area contributed by atoms with Crippen LogP contribution in [0.15, 0.2) is 41.8 Å². The highest BCUT2D eigenvalue weighted by molar-refractivity contribution is 7.09. The molecule has 7 heteroatoms. The maximum absolute atomic E-state index is 12.5. The summed E-state index contributed by atoms with van der Waals surface area (Å²) in [6, 6.07) is 9.61. The van der Waals surface area contributed by atoms with E-state index in [9.17, 15) is 9.59 Å². The van der Waals surface area contributed by atoms with E-state index in [1.807, 2.05) is 30.3 Å². The van der Waals surface area contributed by atoms with Gasteiger partial charge in [-0.2, -0.15) is 0 Å². The van der Waals surface area contributed by atoms with Gasteiger partial charge in [-0.15, -0.1) is 11.3 Å². The molecule has 2 aromatic rings. The number of rotatable bonds is 9. The van der Waals surface area contributed by atoms with Gasteiger partial charge in [0.25, 0.3) is 0 Å². The van der Waals surface area contributed by atoms with E-state index in [2.05, 4.69) is 4.98 Å². The van der Waals surface area contributed by atoms with Crippen molar-refractivity contribution in [1.82, 2.24) is 9.88 Å². The highest BCUT2D eigenvalue weighted by Crippen LogP contribution is 2.14. The number of aromatic nitrogens is 1. The molecular weight excluding hydrogens is 352 g/mol. The van der Waals surface area contributed by atoms with E-state index in [-0.39, 0.29) is 11.6 Å². The highest BCUT2D eigenvalue weighted by Gasteiger charge is 2.16. The number of thiazole rings is 1. The van der Waals surface area contributed by atoms with Gasteiger partial charge in [-0.3, -0.25) is 4.79 Å². The highest BCUT2D eigenvalue weighted by atomic mass is 32.1. The number of carbonyl (C=O) groups is 2. The standard InChI is InChI=1S/C19H22N2O4S/c1-3-25-19(23)16-14-26-17(20-16)13-21(11-12-24-2)18(22)10-9-15-7-5-4-6-8-15/h4-10,14H,3,11-13H2,1-2H3/b10-9+. The lowest BCUT2D eigenvalue weighted by atomic mass is 10.2. The van der Waals surface area contributed by atoms with E-state index < -0.39 is 5.97 Å². The van der Waals surface area contributed by atoms with Crippen molar-refractivity contribution in [2.45, 2.75) is 13.5 Å². The molecule has 1 heterocycles. The normalized spacial score (nSPS) is 10.8. The lowest BCUT2D eigenvalue weighted by Gasteiger charge is -2.19. The Balaban J connectivity index is 2.05. The molecule has 0 saturated carbocycles. The number of carbonyl (C=O) groups excluding carboxylic acids is 2. The Morgan fingerprint density at radius 1 is 1.27 bits per heavy atom. The first kappa shape index (κ1) is 19.8. The van der Waals surface area contributed by atoms with Crippen LogP contribution in [0.1, 0.15) is 28.0 Å². The lowest BCUT2D eigenvalue weighted by molar-refractivity contribution is -0.127. The lowest BCUT2D eigenvalue weighted by Crippen LogP contribution is -2.32. The number of ether oxygens (including phenoxy) is 2. The van der Waals surface area contributed by atoms with Crippen LogP contribution in [-0.2, 0) is 20.8 Å². The SMILES string of the molecule is CCOC(=O)c1csc(CN(CCOC)C(=O)/C=C/c2ccccc2)n1. The fraction of sp³-hybridized carbons (Fsp3) is 0.316. The second kappa shape index (κ2) is 10.5. The van der Waals surface area contributed by atoms with Crippen LogP contribution in [-0.4, -0.2) is 48.6 Å². The molecule has 0 aliphatic rings. The summed E-state index contributed by atoms with van der Waals surface area (Å²) in [5, 5.41) is 2.32. The summed E-state index contributed by atoms with van der Waals surface area (Å²) in [7, 11) is 1.59. The molecule has 0 radical (unpaired) electrons. The molecule has 0 spiro atoms. The first-order valence-electron chi connectivity index (χ1n) is 8.26. The summed E-state index contributed by atoms with van der Waals surface area (Å²) in [6.45, 7) is 3.21. The summed E-state index contributed by atoms with van der Waals surface area (Å²) >= 11 is 1.33. The van der Waals surface area contributed by atoms with Gasteiger partial charge in [0.05, 0.1) is 19.8 Å². The molecule has 0 unspecified atom stereocenters. The first-order chi connectivity index (χ1) is 12.6. The number of esters is 1. The van der Waals surface area contributed by atoms with Crippen LogP contribution in [0.4, 0.5) is 0 Å². The molecule has 0 aliphatic carbocycles. The van der Waals surface area contributed by atoms with Crippen molar-refractivity contribution >= 4 is 29.3 Å². The minimum atomic E-state index is -0.450. The first-order valence-corrected chi connectivity index (χ1v) is 9.14. The third-order valence-electron chi connectivity index (χ3n) is 3.46. The number of amides is 1. The Hall–Kier alpha value is -2.51. The molecule has 0 fully saturated rings. The Kier molecular flexibility index (Phi) is 7.98. The van der Waals surface area contributed by atoms with Crippen molar-refractivity contribution in [3.05, 3.63) is 58.1 Å². The number of benzene rings is 1. The monoisotopic (exact) mass is 374 g/mol. The average Bonchev–Trinajstić information content (AvgIpc) is 3.13. The van der Waals surface area contributed by atoms with Gasteiger partial charge in [-0.25, -0.2) is 9.78 Å². The maximum atomic E-state index is 12.5. The van der Waals surface area contributed by atoms with Gasteiger partial charge < -0.3 is 14.4 Å². The second-order valence-corrected chi connectivity index (χ2v) is 6.29. The quantitative estimate of drug-likeness (QED) is 0.498. The van der Waals surface area contributed by atoms with Gasteiger partial charge in [0.15, 0.2) is 5.69 Å². The van der Waals surface area contributed by atoms with E-state index in [1.165, 1.54) is 17.4 Å². The molecule has 0 bridgehead atoms. The molecule has 2 rings (SSSR count). The third kappa shape index (κ3) is 6.09. The number of nitrogens with zero attached hydrogens (tertiary/aromatic N) is 2. The third-order valence-corrected chi connectivity index (χ3v) is 4.29. The average molecular weight is 374 g/mol. The van der Waals surface area contributed by atoms with Crippen LogP contribution < -0.4 is 0 Å². The molecule has 1 amide bonds. The summed E-state index contributed by atoms with van der Waals surface area (Å²) in [4.78, 5) is 30.2. The second-order valence-electron chi connectivity index (χ2n) is 5.34. The van der Waals surface area contributed by atoms with Gasteiger partial charge in [0, 0.05) is 25.1 Å². The minimum absolute atomic E-state index is 0.140. The fourth-order valence-electron chi connectivity index (χ4n) is 2.15. The van der Waals surface area contributed by atoms with Crippen molar-refractivity contribution in [2.24, 2.45) is 0 Å². The molecule has 1 aromatic carbocycles. The largest absolute Gasteiger partial charge is 0.461 e. The van der Waals surface area contributed by atoms with Crippen molar-refractivity contribution < 1.29 is 19.1 Å². The van der Waals surface area contributed by atoms with Crippen LogP contribution >= 0.6 is 11.3 Å². The number of methoxy groups -OCH3 is 1. The van der Waals surface area contributed by atoms with Crippen LogP contribution in [0, 0.1) is 0 Å². The fourth-order valence-corrected chi connectivity index (χ4v) is 2.93.